The standard InChI is InChI=1S/C18H26O3/c1-11(15(19)16(20)21)12-8-13(17(2,3)4)10-14(9-12)18(5,6)7/h8-10,15,19H,1H2,2-7H3,(H,20,21). The topological polar surface area (TPSA) is 57.5 Å². The van der Waals surface area contributed by atoms with Crippen molar-refractivity contribution >= 4 is 11.5 Å². The molecule has 0 fully saturated rings. The van der Waals surface area contributed by atoms with Crippen LogP contribution < -0.4 is 0 Å². The van der Waals surface area contributed by atoms with Gasteiger partial charge in [0.2, 0.25) is 0 Å². The van der Waals surface area contributed by atoms with Gasteiger partial charge in [0.1, 0.15) is 0 Å². The number of carbonyl (C=O) groups is 1. The highest BCUT2D eigenvalue weighted by Gasteiger charge is 2.24. The fourth-order valence-electron chi connectivity index (χ4n) is 1.99. The van der Waals surface area contributed by atoms with E-state index in [2.05, 4.69) is 54.2 Å². The Labute approximate surface area is 127 Å². The highest BCUT2D eigenvalue weighted by molar-refractivity contribution is 5.89. The van der Waals surface area contributed by atoms with Crippen LogP contribution >= 0.6 is 0 Å². The molecule has 0 saturated heterocycles. The van der Waals surface area contributed by atoms with Crippen LogP contribution in [0.15, 0.2) is 24.8 Å². The maximum Gasteiger partial charge on any atom is 0.337 e. The molecule has 0 amide bonds. The minimum absolute atomic E-state index is 0.0650. The summed E-state index contributed by atoms with van der Waals surface area (Å²) in [6.45, 7) is 16.4. The van der Waals surface area contributed by atoms with Crippen molar-refractivity contribution in [3.05, 3.63) is 41.5 Å². The molecule has 0 aliphatic rings. The van der Waals surface area contributed by atoms with Crippen molar-refractivity contribution in [3.8, 4) is 0 Å². The zero-order valence-corrected chi connectivity index (χ0v) is 13.8. The summed E-state index contributed by atoms with van der Waals surface area (Å²) in [5, 5.41) is 18.7. The van der Waals surface area contributed by atoms with Crippen LogP contribution in [0.25, 0.3) is 5.57 Å². The van der Waals surface area contributed by atoms with Gasteiger partial charge in [0, 0.05) is 0 Å². The molecule has 0 aliphatic heterocycles. The van der Waals surface area contributed by atoms with Crippen molar-refractivity contribution < 1.29 is 15.0 Å². The summed E-state index contributed by atoms with van der Waals surface area (Å²) >= 11 is 0. The van der Waals surface area contributed by atoms with Crippen molar-refractivity contribution in [2.45, 2.75) is 58.5 Å². The quantitative estimate of drug-likeness (QED) is 0.891. The molecule has 21 heavy (non-hydrogen) atoms. The summed E-state index contributed by atoms with van der Waals surface area (Å²) in [7, 11) is 0. The van der Waals surface area contributed by atoms with Gasteiger partial charge in [-0.1, -0.05) is 66.3 Å². The van der Waals surface area contributed by atoms with E-state index in [1.165, 1.54) is 0 Å². The van der Waals surface area contributed by atoms with E-state index >= 15 is 0 Å². The second-order valence-corrected chi connectivity index (χ2v) is 7.57. The molecule has 0 spiro atoms. The molecule has 0 saturated carbocycles. The van der Waals surface area contributed by atoms with Gasteiger partial charge in [-0.2, -0.15) is 0 Å². The van der Waals surface area contributed by atoms with Crippen molar-refractivity contribution in [3.63, 3.8) is 0 Å². The molecule has 116 valence electrons. The zero-order chi connectivity index (χ0) is 16.6. The Morgan fingerprint density at radius 2 is 1.38 bits per heavy atom. The van der Waals surface area contributed by atoms with Gasteiger partial charge < -0.3 is 10.2 Å². The summed E-state index contributed by atoms with van der Waals surface area (Å²) in [4.78, 5) is 11.0. The number of carboxylic acids is 1. The minimum Gasteiger partial charge on any atom is -0.479 e. The lowest BCUT2D eigenvalue weighted by atomic mass is 9.78. The van der Waals surface area contributed by atoms with Crippen molar-refractivity contribution in [1.29, 1.82) is 0 Å². The number of hydrogen-bond acceptors (Lipinski definition) is 2. The predicted octanol–water partition coefficient (Wildman–Crippen LogP) is 3.74. The average Bonchev–Trinajstić information content (AvgIpc) is 2.34. The van der Waals surface area contributed by atoms with Crippen molar-refractivity contribution in [1.82, 2.24) is 0 Å². The molecular formula is C18H26O3. The van der Waals surface area contributed by atoms with E-state index in [0.717, 1.165) is 11.1 Å². The van der Waals surface area contributed by atoms with Crippen molar-refractivity contribution in [2.24, 2.45) is 0 Å². The lowest BCUT2D eigenvalue weighted by Crippen LogP contribution is -2.22. The lowest BCUT2D eigenvalue weighted by molar-refractivity contribution is -0.143. The van der Waals surface area contributed by atoms with Gasteiger partial charge in [-0.3, -0.25) is 0 Å². The van der Waals surface area contributed by atoms with E-state index in [1.54, 1.807) is 0 Å². The normalized spacial score (nSPS) is 13.9. The van der Waals surface area contributed by atoms with Crippen LogP contribution in [0, 0.1) is 0 Å². The molecule has 0 aromatic heterocycles. The SMILES string of the molecule is C=C(c1cc(C(C)(C)C)cc(C(C)(C)C)c1)C(O)C(=O)O. The highest BCUT2D eigenvalue weighted by atomic mass is 16.4. The molecule has 3 heteroatoms. The molecule has 0 radical (unpaired) electrons. The first-order valence-electron chi connectivity index (χ1n) is 7.10. The molecule has 3 nitrogen and oxygen atoms in total. The summed E-state index contributed by atoms with van der Waals surface area (Å²) in [5.74, 6) is -1.28. The van der Waals surface area contributed by atoms with Crippen LogP contribution in [0.4, 0.5) is 0 Å². The minimum atomic E-state index is -1.58. The maximum atomic E-state index is 11.0. The number of aliphatic carboxylic acids is 1. The van der Waals surface area contributed by atoms with Crippen LogP contribution in [0.5, 0.6) is 0 Å². The fraction of sp³-hybridized carbons (Fsp3) is 0.500. The van der Waals surface area contributed by atoms with Gasteiger partial charge in [0.15, 0.2) is 6.10 Å². The highest BCUT2D eigenvalue weighted by Crippen LogP contribution is 2.32. The van der Waals surface area contributed by atoms with Gasteiger partial charge in [-0.25, -0.2) is 4.79 Å². The molecule has 1 atom stereocenters. The van der Waals surface area contributed by atoms with Gasteiger partial charge in [-0.15, -0.1) is 0 Å². The monoisotopic (exact) mass is 290 g/mol. The Morgan fingerprint density at radius 3 is 1.67 bits per heavy atom. The Morgan fingerprint density at radius 1 is 1.00 bits per heavy atom. The largest absolute Gasteiger partial charge is 0.479 e. The Kier molecular flexibility index (Phi) is 4.69. The first-order chi connectivity index (χ1) is 9.34. The van der Waals surface area contributed by atoms with Crippen molar-refractivity contribution in [2.75, 3.05) is 0 Å². The Balaban J connectivity index is 3.46. The second-order valence-electron chi connectivity index (χ2n) is 7.57. The summed E-state index contributed by atoms with van der Waals surface area (Å²) in [6, 6.07) is 5.98. The Bertz CT molecular complexity index is 525. The van der Waals surface area contributed by atoms with E-state index in [0.29, 0.717) is 5.56 Å². The van der Waals surface area contributed by atoms with E-state index in [9.17, 15) is 9.90 Å². The Hall–Kier alpha value is -1.61. The van der Waals surface area contributed by atoms with Crippen LogP contribution in [0.1, 0.15) is 58.2 Å². The smallest absolute Gasteiger partial charge is 0.337 e. The summed E-state index contributed by atoms with van der Waals surface area (Å²) in [6.07, 6.45) is -1.58. The van der Waals surface area contributed by atoms with E-state index in [-0.39, 0.29) is 16.4 Å². The number of benzene rings is 1. The molecular weight excluding hydrogens is 264 g/mol. The first kappa shape index (κ1) is 17.4. The van der Waals surface area contributed by atoms with Gasteiger partial charge in [0.05, 0.1) is 0 Å². The molecule has 0 bridgehead atoms. The number of carboxylic acid groups (broad SMARTS) is 1. The summed E-state index contributed by atoms with van der Waals surface area (Å²) in [5.41, 5.74) is 2.98. The zero-order valence-electron chi connectivity index (χ0n) is 13.8. The number of aliphatic hydroxyl groups is 1. The number of rotatable bonds is 3. The molecule has 0 heterocycles. The van der Waals surface area contributed by atoms with E-state index in [1.807, 2.05) is 12.1 Å². The second kappa shape index (κ2) is 5.64. The molecule has 2 N–H and O–H groups in total. The third kappa shape index (κ3) is 4.18. The molecule has 0 aliphatic carbocycles. The average molecular weight is 290 g/mol. The molecule has 1 unspecified atom stereocenters. The predicted molar refractivity (Wildman–Crippen MR) is 86.5 cm³/mol. The third-order valence-corrected chi connectivity index (χ3v) is 3.60. The van der Waals surface area contributed by atoms with Gasteiger partial charge in [-0.05, 0) is 33.1 Å². The third-order valence-electron chi connectivity index (χ3n) is 3.60. The van der Waals surface area contributed by atoms with Crippen LogP contribution in [-0.2, 0) is 15.6 Å². The number of aliphatic hydroxyl groups excluding tert-OH is 1. The van der Waals surface area contributed by atoms with Gasteiger partial charge in [0.25, 0.3) is 0 Å². The lowest BCUT2D eigenvalue weighted by Gasteiger charge is -2.27. The molecule has 1 aromatic carbocycles. The van der Waals surface area contributed by atoms with Crippen LogP contribution in [0.2, 0.25) is 0 Å². The molecule has 1 rings (SSSR count). The maximum absolute atomic E-state index is 11.0. The number of hydrogen-bond donors (Lipinski definition) is 2. The molecule has 1 aromatic rings. The van der Waals surface area contributed by atoms with Crippen LogP contribution in [0.3, 0.4) is 0 Å². The van der Waals surface area contributed by atoms with E-state index in [4.69, 9.17) is 5.11 Å². The van der Waals surface area contributed by atoms with Crippen LogP contribution in [-0.4, -0.2) is 22.3 Å². The van der Waals surface area contributed by atoms with Gasteiger partial charge >= 0.3 is 5.97 Å². The summed E-state index contributed by atoms with van der Waals surface area (Å²) < 4.78 is 0. The van der Waals surface area contributed by atoms with E-state index < -0.39 is 12.1 Å². The fourth-order valence-corrected chi connectivity index (χ4v) is 1.99. The first-order valence-corrected chi connectivity index (χ1v) is 7.10.